The Labute approximate surface area is 103 Å². The van der Waals surface area contributed by atoms with E-state index < -0.39 is 0 Å². The summed E-state index contributed by atoms with van der Waals surface area (Å²) in [6.07, 6.45) is 0. The molecule has 4 nitrogen and oxygen atoms in total. The van der Waals surface area contributed by atoms with Crippen LogP contribution in [-0.4, -0.2) is 24.8 Å². The molecular formula is C11H13BrN4. The summed E-state index contributed by atoms with van der Waals surface area (Å²) in [5.74, 6) is 0.747. The molecule has 0 fully saturated rings. The third kappa shape index (κ3) is 2.82. The Balaban J connectivity index is 2.03. The van der Waals surface area contributed by atoms with E-state index in [-0.39, 0.29) is 0 Å². The fourth-order valence-corrected chi connectivity index (χ4v) is 1.63. The molecule has 0 saturated carbocycles. The first kappa shape index (κ1) is 11.1. The van der Waals surface area contributed by atoms with E-state index in [4.69, 9.17) is 0 Å². The summed E-state index contributed by atoms with van der Waals surface area (Å²) in [7, 11) is 0. The van der Waals surface area contributed by atoms with Crippen LogP contribution in [0.15, 0.2) is 38.8 Å². The Morgan fingerprint density at radius 1 is 1.44 bits per heavy atom. The molecule has 0 bridgehead atoms. The number of aliphatic imine (C=N–C) groups is 1. The minimum atomic E-state index is 0.747. The molecule has 1 aromatic rings. The summed E-state index contributed by atoms with van der Waals surface area (Å²) in [6, 6.07) is 8.04. The van der Waals surface area contributed by atoms with Crippen LogP contribution in [0.1, 0.15) is 12.5 Å². The Kier molecular flexibility index (Phi) is 3.56. The van der Waals surface area contributed by atoms with Gasteiger partial charge in [0.05, 0.1) is 12.3 Å². The van der Waals surface area contributed by atoms with Gasteiger partial charge < -0.3 is 5.32 Å². The van der Waals surface area contributed by atoms with E-state index in [9.17, 15) is 0 Å². The maximum absolute atomic E-state index is 4.26. The second kappa shape index (κ2) is 5.12. The van der Waals surface area contributed by atoms with E-state index in [0.29, 0.717) is 0 Å². The molecule has 1 aliphatic rings. The third-order valence-electron chi connectivity index (χ3n) is 2.27. The first-order valence-electron chi connectivity index (χ1n) is 5.10. The number of halogens is 1. The number of hydrazone groups is 1. The van der Waals surface area contributed by atoms with E-state index in [2.05, 4.69) is 36.8 Å². The van der Waals surface area contributed by atoms with Gasteiger partial charge in [-0.2, -0.15) is 5.10 Å². The van der Waals surface area contributed by atoms with Crippen molar-refractivity contribution in [2.45, 2.75) is 6.92 Å². The molecule has 0 radical (unpaired) electrons. The van der Waals surface area contributed by atoms with Crippen LogP contribution in [-0.2, 0) is 0 Å². The molecule has 0 spiro atoms. The second-order valence-electron chi connectivity index (χ2n) is 3.47. The number of guanidine groups is 1. The zero-order chi connectivity index (χ0) is 11.4. The Morgan fingerprint density at radius 2 is 2.19 bits per heavy atom. The molecule has 5 heteroatoms. The average molecular weight is 281 g/mol. The highest BCUT2D eigenvalue weighted by molar-refractivity contribution is 9.10. The van der Waals surface area contributed by atoms with Gasteiger partial charge in [0.15, 0.2) is 0 Å². The lowest BCUT2D eigenvalue weighted by molar-refractivity contribution is 0.917. The average Bonchev–Trinajstić information content (AvgIpc) is 2.80. The minimum absolute atomic E-state index is 0.747. The first-order valence-corrected chi connectivity index (χ1v) is 5.89. The van der Waals surface area contributed by atoms with Gasteiger partial charge in [0, 0.05) is 11.0 Å². The van der Waals surface area contributed by atoms with Crippen LogP contribution in [0.5, 0.6) is 0 Å². The van der Waals surface area contributed by atoms with E-state index in [1.807, 2.05) is 31.2 Å². The van der Waals surface area contributed by atoms with Gasteiger partial charge in [0.25, 0.3) is 0 Å². The maximum atomic E-state index is 4.26. The Bertz CT molecular complexity index is 422. The molecule has 0 atom stereocenters. The van der Waals surface area contributed by atoms with Gasteiger partial charge in [-0.25, -0.2) is 10.4 Å². The predicted molar refractivity (Wildman–Crippen MR) is 69.8 cm³/mol. The van der Waals surface area contributed by atoms with Crippen LogP contribution < -0.4 is 10.7 Å². The van der Waals surface area contributed by atoms with Crippen LogP contribution in [0, 0.1) is 0 Å². The van der Waals surface area contributed by atoms with Crippen molar-refractivity contribution in [3.63, 3.8) is 0 Å². The SMILES string of the molecule is C/C(=N\NC1=NCCN1)c1ccc(Br)cc1. The van der Waals surface area contributed by atoms with Gasteiger partial charge in [-0.15, -0.1) is 0 Å². The van der Waals surface area contributed by atoms with E-state index >= 15 is 0 Å². The number of hydrogen-bond donors (Lipinski definition) is 2. The third-order valence-corrected chi connectivity index (χ3v) is 2.79. The van der Waals surface area contributed by atoms with Gasteiger partial charge in [-0.3, -0.25) is 0 Å². The summed E-state index contributed by atoms with van der Waals surface area (Å²) in [6.45, 7) is 3.66. The number of rotatable bonds is 2. The number of hydrogen-bond acceptors (Lipinski definition) is 4. The van der Waals surface area contributed by atoms with E-state index in [0.717, 1.165) is 34.8 Å². The second-order valence-corrected chi connectivity index (χ2v) is 4.39. The van der Waals surface area contributed by atoms with Crippen molar-refractivity contribution in [2.24, 2.45) is 10.1 Å². The van der Waals surface area contributed by atoms with Crippen molar-refractivity contribution in [1.29, 1.82) is 0 Å². The van der Waals surface area contributed by atoms with Crippen molar-refractivity contribution < 1.29 is 0 Å². The Morgan fingerprint density at radius 3 is 2.81 bits per heavy atom. The maximum Gasteiger partial charge on any atom is 0.212 e. The molecule has 16 heavy (non-hydrogen) atoms. The molecule has 0 amide bonds. The van der Waals surface area contributed by atoms with Gasteiger partial charge in [-0.05, 0) is 24.6 Å². The van der Waals surface area contributed by atoms with Crippen molar-refractivity contribution >= 4 is 27.6 Å². The molecule has 1 aliphatic heterocycles. The lowest BCUT2D eigenvalue weighted by Crippen LogP contribution is -2.30. The van der Waals surface area contributed by atoms with Gasteiger partial charge in [0.2, 0.25) is 5.96 Å². The fraction of sp³-hybridized carbons (Fsp3) is 0.273. The summed E-state index contributed by atoms with van der Waals surface area (Å²) in [4.78, 5) is 4.20. The van der Waals surface area contributed by atoms with E-state index in [1.165, 1.54) is 0 Å². The summed E-state index contributed by atoms with van der Waals surface area (Å²) >= 11 is 3.40. The molecule has 1 heterocycles. The highest BCUT2D eigenvalue weighted by Crippen LogP contribution is 2.10. The number of nitrogens with zero attached hydrogens (tertiary/aromatic N) is 2. The van der Waals surface area contributed by atoms with Crippen LogP contribution >= 0.6 is 15.9 Å². The van der Waals surface area contributed by atoms with Crippen LogP contribution in [0.2, 0.25) is 0 Å². The van der Waals surface area contributed by atoms with Crippen LogP contribution in [0.4, 0.5) is 0 Å². The predicted octanol–water partition coefficient (Wildman–Crippen LogP) is 1.72. The van der Waals surface area contributed by atoms with E-state index in [1.54, 1.807) is 0 Å². The zero-order valence-corrected chi connectivity index (χ0v) is 10.6. The van der Waals surface area contributed by atoms with Gasteiger partial charge in [0.1, 0.15) is 0 Å². The molecule has 2 N–H and O–H groups in total. The van der Waals surface area contributed by atoms with Gasteiger partial charge >= 0.3 is 0 Å². The molecule has 0 aromatic heterocycles. The van der Waals surface area contributed by atoms with Crippen molar-refractivity contribution in [3.8, 4) is 0 Å². The molecule has 0 aliphatic carbocycles. The van der Waals surface area contributed by atoms with Crippen molar-refractivity contribution in [3.05, 3.63) is 34.3 Å². The van der Waals surface area contributed by atoms with Crippen LogP contribution in [0.25, 0.3) is 0 Å². The highest BCUT2D eigenvalue weighted by atomic mass is 79.9. The number of nitrogens with one attached hydrogen (secondary N) is 2. The summed E-state index contributed by atoms with van der Waals surface area (Å²) < 4.78 is 1.07. The summed E-state index contributed by atoms with van der Waals surface area (Å²) in [5, 5.41) is 7.36. The molecule has 0 saturated heterocycles. The lowest BCUT2D eigenvalue weighted by atomic mass is 10.1. The molecule has 1 aromatic carbocycles. The molecular weight excluding hydrogens is 268 g/mol. The summed E-state index contributed by atoms with van der Waals surface area (Å²) in [5.41, 5.74) is 4.94. The smallest absolute Gasteiger partial charge is 0.212 e. The lowest BCUT2D eigenvalue weighted by Gasteiger charge is -2.03. The quantitative estimate of drug-likeness (QED) is 0.640. The zero-order valence-electron chi connectivity index (χ0n) is 9.00. The standard InChI is InChI=1S/C11H13BrN4/c1-8(9-2-4-10(12)5-3-9)15-16-11-13-6-7-14-11/h2-5H,6-7H2,1H3,(H2,13,14,16)/b15-8+. The highest BCUT2D eigenvalue weighted by Gasteiger charge is 2.03. The van der Waals surface area contributed by atoms with Crippen LogP contribution in [0.3, 0.4) is 0 Å². The van der Waals surface area contributed by atoms with Crippen molar-refractivity contribution in [1.82, 2.24) is 10.7 Å². The normalized spacial score (nSPS) is 15.6. The largest absolute Gasteiger partial charge is 0.353 e. The number of benzene rings is 1. The monoisotopic (exact) mass is 280 g/mol. The van der Waals surface area contributed by atoms with Gasteiger partial charge in [-0.1, -0.05) is 28.1 Å². The fourth-order valence-electron chi connectivity index (χ4n) is 1.37. The topological polar surface area (TPSA) is 48.8 Å². The first-order chi connectivity index (χ1) is 7.75. The molecule has 2 rings (SSSR count). The molecule has 84 valence electrons. The molecule has 0 unspecified atom stereocenters. The Hall–Kier alpha value is -1.36. The minimum Gasteiger partial charge on any atom is -0.353 e. The van der Waals surface area contributed by atoms with Crippen molar-refractivity contribution in [2.75, 3.05) is 13.1 Å².